The first-order valence-corrected chi connectivity index (χ1v) is 10.5. The van der Waals surface area contributed by atoms with Crippen molar-refractivity contribution in [2.45, 2.75) is 32.3 Å². The van der Waals surface area contributed by atoms with Crippen LogP contribution in [0.15, 0.2) is 42.5 Å². The van der Waals surface area contributed by atoms with E-state index in [1.165, 1.54) is 6.07 Å². The van der Waals surface area contributed by atoms with Crippen LogP contribution in [0.3, 0.4) is 0 Å². The first kappa shape index (κ1) is 22.8. The fraction of sp³-hybridized carbons (Fsp3) is 0.217. The van der Waals surface area contributed by atoms with E-state index in [9.17, 15) is 13.2 Å². The highest BCUT2D eigenvalue weighted by Crippen LogP contribution is 2.34. The number of benzene rings is 3. The molecule has 1 unspecified atom stereocenters. The van der Waals surface area contributed by atoms with Gasteiger partial charge in [-0.2, -0.15) is 24.1 Å². The summed E-state index contributed by atoms with van der Waals surface area (Å²) < 4.78 is 58.9. The molecule has 3 aromatic rings. The largest absolute Gasteiger partial charge is 0.280 e. The van der Waals surface area contributed by atoms with E-state index in [2.05, 4.69) is 12.6 Å². The molecular formula is C23H20BClF4S. The Morgan fingerprint density at radius 2 is 1.50 bits per heavy atom. The maximum Gasteiger partial charge on any atom is 0.280 e. The van der Waals surface area contributed by atoms with E-state index in [1.807, 2.05) is 0 Å². The summed E-state index contributed by atoms with van der Waals surface area (Å²) in [6, 6.07) is 9.53. The van der Waals surface area contributed by atoms with Crippen molar-refractivity contribution in [3.05, 3.63) is 76.9 Å². The molecule has 0 aliphatic carbocycles. The van der Waals surface area contributed by atoms with Gasteiger partial charge >= 0.3 is 0 Å². The zero-order valence-electron chi connectivity index (χ0n) is 16.7. The molecule has 0 fully saturated rings. The van der Waals surface area contributed by atoms with Crippen LogP contribution in [-0.2, 0) is 0 Å². The number of hydrogen-bond donors (Lipinski definition) is 1. The highest BCUT2D eigenvalue weighted by Gasteiger charge is 2.24. The molecule has 3 aromatic carbocycles. The van der Waals surface area contributed by atoms with Gasteiger partial charge in [0.25, 0.3) is 6.13 Å². The van der Waals surface area contributed by atoms with E-state index in [0.29, 0.717) is 17.4 Å². The van der Waals surface area contributed by atoms with Crippen LogP contribution >= 0.6 is 24.1 Å². The lowest BCUT2D eigenvalue weighted by Crippen LogP contribution is -2.24. The van der Waals surface area contributed by atoms with Crippen molar-refractivity contribution < 1.29 is 17.6 Å². The van der Waals surface area contributed by atoms with Gasteiger partial charge in [0.05, 0.1) is 0 Å². The minimum Gasteiger partial charge on any atom is -0.207 e. The van der Waals surface area contributed by atoms with Crippen molar-refractivity contribution in [2.75, 3.05) is 0 Å². The first-order valence-electron chi connectivity index (χ1n) is 9.55. The van der Waals surface area contributed by atoms with E-state index >= 15 is 4.39 Å². The van der Waals surface area contributed by atoms with Crippen molar-refractivity contribution in [2.24, 2.45) is 0 Å². The molecule has 30 heavy (non-hydrogen) atoms. The molecule has 0 nitrogen and oxygen atoms in total. The van der Waals surface area contributed by atoms with Gasteiger partial charge in [-0.1, -0.05) is 37.4 Å². The second kappa shape index (κ2) is 9.07. The Hall–Kier alpha value is -1.92. The molecule has 0 saturated carbocycles. The molecule has 0 amide bonds. The molecule has 0 aliphatic heterocycles. The van der Waals surface area contributed by atoms with Gasteiger partial charge in [-0.3, -0.25) is 0 Å². The van der Waals surface area contributed by atoms with E-state index in [4.69, 9.17) is 11.5 Å². The Balaban J connectivity index is 2.21. The van der Waals surface area contributed by atoms with Crippen molar-refractivity contribution in [3.8, 4) is 22.3 Å². The maximum atomic E-state index is 15.2. The molecule has 0 saturated heterocycles. The first-order chi connectivity index (χ1) is 14.1. The van der Waals surface area contributed by atoms with Crippen LogP contribution in [0.5, 0.6) is 0 Å². The van der Waals surface area contributed by atoms with Gasteiger partial charge in [-0.05, 0) is 54.3 Å². The third-order valence-electron chi connectivity index (χ3n) is 5.07. The number of halogens is 5. The summed E-state index contributed by atoms with van der Waals surface area (Å²) in [4.78, 5) is 0. The second-order valence-corrected chi connectivity index (χ2v) is 8.58. The summed E-state index contributed by atoms with van der Waals surface area (Å²) in [5.41, 5.74) is 1.44. The Labute approximate surface area is 184 Å². The van der Waals surface area contributed by atoms with Crippen LogP contribution in [0.1, 0.15) is 29.7 Å². The molecule has 0 bridgehead atoms. The average Bonchev–Trinajstić information content (AvgIpc) is 2.66. The fourth-order valence-electron chi connectivity index (χ4n) is 3.51. The lowest BCUT2D eigenvalue weighted by Gasteiger charge is -2.17. The van der Waals surface area contributed by atoms with E-state index in [0.717, 1.165) is 23.8 Å². The zero-order chi connectivity index (χ0) is 22.2. The third kappa shape index (κ3) is 4.40. The second-order valence-electron chi connectivity index (χ2n) is 7.30. The Morgan fingerprint density at radius 1 is 0.900 bits per heavy atom. The predicted molar refractivity (Wildman–Crippen MR) is 121 cm³/mol. The number of hydrogen-bond acceptors (Lipinski definition) is 1. The predicted octanol–water partition coefficient (Wildman–Crippen LogP) is 7.33. The van der Waals surface area contributed by atoms with Gasteiger partial charge in [-0.15, -0.1) is 0 Å². The molecule has 7 heteroatoms. The summed E-state index contributed by atoms with van der Waals surface area (Å²) in [5, 5.41) is -0.609. The monoisotopic (exact) mass is 450 g/mol. The third-order valence-corrected chi connectivity index (χ3v) is 5.93. The van der Waals surface area contributed by atoms with Gasteiger partial charge in [0.1, 0.15) is 23.3 Å². The summed E-state index contributed by atoms with van der Waals surface area (Å²) >= 11 is 10.5. The quantitative estimate of drug-likeness (QED) is 0.235. The number of thiol groups is 1. The topological polar surface area (TPSA) is 0 Å². The van der Waals surface area contributed by atoms with E-state index < -0.39 is 34.6 Å². The summed E-state index contributed by atoms with van der Waals surface area (Å²) in [6.45, 7) is 5.14. The summed E-state index contributed by atoms with van der Waals surface area (Å²) in [7, 11) is 0. The van der Waals surface area contributed by atoms with Crippen molar-refractivity contribution in [1.29, 1.82) is 0 Å². The molecule has 3 rings (SSSR count). The standard InChI is InChI=1S/C23H20BClF4S/c1-4-21(30)23-19(28)10-14(11-20(23)29)22-16(24(3)25)8-13(9-18(22)27)15-6-5-12(2)7-17(15)26/h5-11,21,30H,4H2,1-3H3. The van der Waals surface area contributed by atoms with Crippen molar-refractivity contribution >= 4 is 35.7 Å². The molecule has 0 aliphatic rings. The highest BCUT2D eigenvalue weighted by molar-refractivity contribution is 7.80. The SMILES string of the molecule is CCC(S)c1c(F)cc(-c2c(F)cc(-c3ccc(C)cc3F)cc2B(C)Cl)cc1F. The van der Waals surface area contributed by atoms with Crippen LogP contribution in [-0.4, -0.2) is 6.13 Å². The van der Waals surface area contributed by atoms with E-state index in [-0.39, 0.29) is 22.3 Å². The molecule has 0 N–H and O–H groups in total. The summed E-state index contributed by atoms with van der Waals surface area (Å²) in [5.74, 6) is -2.82. The molecule has 0 radical (unpaired) electrons. The van der Waals surface area contributed by atoms with Gasteiger partial charge in [0, 0.05) is 21.9 Å². The van der Waals surface area contributed by atoms with Crippen LogP contribution < -0.4 is 5.46 Å². The van der Waals surface area contributed by atoms with Gasteiger partial charge in [-0.25, -0.2) is 17.6 Å². The number of aryl methyl sites for hydroxylation is 1. The normalized spacial score (nSPS) is 12.2. The molecule has 0 aromatic heterocycles. The Morgan fingerprint density at radius 3 is 2.03 bits per heavy atom. The minimum absolute atomic E-state index is 0.00895. The molecular weight excluding hydrogens is 431 g/mol. The zero-order valence-corrected chi connectivity index (χ0v) is 18.4. The van der Waals surface area contributed by atoms with Gasteiger partial charge < -0.3 is 0 Å². The Bertz CT molecular complexity index is 1080. The summed E-state index contributed by atoms with van der Waals surface area (Å²) in [6.07, 6.45) is -0.243. The molecule has 0 spiro atoms. The van der Waals surface area contributed by atoms with Crippen LogP contribution in [0.25, 0.3) is 22.3 Å². The Kier molecular flexibility index (Phi) is 6.88. The van der Waals surface area contributed by atoms with Crippen LogP contribution in [0.4, 0.5) is 17.6 Å². The minimum atomic E-state index is -0.798. The highest BCUT2D eigenvalue weighted by atomic mass is 35.5. The van der Waals surface area contributed by atoms with Crippen LogP contribution in [0, 0.1) is 30.2 Å². The van der Waals surface area contributed by atoms with Gasteiger partial charge in [0.15, 0.2) is 0 Å². The fourth-order valence-corrected chi connectivity index (χ4v) is 3.93. The number of rotatable bonds is 5. The lowest BCUT2D eigenvalue weighted by molar-refractivity contribution is 0.551. The lowest BCUT2D eigenvalue weighted by atomic mass is 9.67. The van der Waals surface area contributed by atoms with Crippen molar-refractivity contribution in [1.82, 2.24) is 0 Å². The van der Waals surface area contributed by atoms with E-state index in [1.54, 1.807) is 38.9 Å². The maximum absolute atomic E-state index is 15.2. The molecule has 1 atom stereocenters. The van der Waals surface area contributed by atoms with Gasteiger partial charge in [0.2, 0.25) is 0 Å². The smallest absolute Gasteiger partial charge is 0.207 e. The average molecular weight is 451 g/mol. The molecule has 156 valence electrons. The van der Waals surface area contributed by atoms with Crippen molar-refractivity contribution in [3.63, 3.8) is 0 Å². The molecule has 0 heterocycles. The van der Waals surface area contributed by atoms with Crippen LogP contribution in [0.2, 0.25) is 6.82 Å².